The number of amides is 1. The van der Waals surface area contributed by atoms with E-state index in [9.17, 15) is 13.2 Å². The molecule has 0 fully saturated rings. The maximum atomic E-state index is 12.6. The van der Waals surface area contributed by atoms with Gasteiger partial charge in [-0.2, -0.15) is 0 Å². The second-order valence-electron chi connectivity index (χ2n) is 6.54. The minimum atomic E-state index is -3.75. The van der Waals surface area contributed by atoms with Gasteiger partial charge in [-0.3, -0.25) is 4.79 Å². The molecule has 0 aliphatic rings. The van der Waals surface area contributed by atoms with Crippen LogP contribution in [-0.4, -0.2) is 37.4 Å². The van der Waals surface area contributed by atoms with Gasteiger partial charge in [0.2, 0.25) is 16.0 Å². The van der Waals surface area contributed by atoms with Crippen LogP contribution in [0.1, 0.15) is 21.5 Å². The summed E-state index contributed by atoms with van der Waals surface area (Å²) in [6, 6.07) is 15.5. The van der Waals surface area contributed by atoms with E-state index >= 15 is 0 Å². The highest BCUT2D eigenvalue weighted by Crippen LogP contribution is 2.16. The molecule has 0 saturated carbocycles. The van der Waals surface area contributed by atoms with Gasteiger partial charge in [0, 0.05) is 37.6 Å². The molecule has 3 N–H and O–H groups in total. The van der Waals surface area contributed by atoms with Crippen LogP contribution in [0.2, 0.25) is 0 Å². The SMILES string of the molecule is Cc1ccc(S(=O)(=O)NCc2ccccc2)cc1C(=O)NCCNc1ncccn1. The number of nitrogens with one attached hydrogen (secondary N) is 3. The summed E-state index contributed by atoms with van der Waals surface area (Å²) >= 11 is 0. The Bertz CT molecular complexity index is 1090. The third kappa shape index (κ3) is 5.85. The Morgan fingerprint density at radius 1 is 0.967 bits per heavy atom. The highest BCUT2D eigenvalue weighted by atomic mass is 32.2. The summed E-state index contributed by atoms with van der Waals surface area (Å²) in [5.41, 5.74) is 1.85. The zero-order valence-corrected chi connectivity index (χ0v) is 17.3. The molecule has 1 aromatic heterocycles. The fraction of sp³-hybridized carbons (Fsp3) is 0.190. The summed E-state index contributed by atoms with van der Waals surface area (Å²) < 4.78 is 27.8. The number of anilines is 1. The predicted octanol–water partition coefficient (Wildman–Crippen LogP) is 2.11. The number of hydrogen-bond donors (Lipinski definition) is 3. The van der Waals surface area contributed by atoms with Crippen molar-refractivity contribution in [1.82, 2.24) is 20.0 Å². The van der Waals surface area contributed by atoms with Gasteiger partial charge >= 0.3 is 0 Å². The maximum Gasteiger partial charge on any atom is 0.251 e. The number of nitrogens with zero attached hydrogens (tertiary/aromatic N) is 2. The molecule has 0 aliphatic carbocycles. The second-order valence-corrected chi connectivity index (χ2v) is 8.31. The lowest BCUT2D eigenvalue weighted by Gasteiger charge is -2.12. The van der Waals surface area contributed by atoms with Gasteiger partial charge < -0.3 is 10.6 Å². The zero-order chi connectivity index (χ0) is 21.4. The molecule has 0 bridgehead atoms. The largest absolute Gasteiger partial charge is 0.352 e. The smallest absolute Gasteiger partial charge is 0.251 e. The number of hydrogen-bond acceptors (Lipinski definition) is 6. The van der Waals surface area contributed by atoms with Crippen molar-refractivity contribution >= 4 is 21.9 Å². The van der Waals surface area contributed by atoms with Gasteiger partial charge in [0.25, 0.3) is 5.91 Å². The molecule has 3 aromatic rings. The van der Waals surface area contributed by atoms with Gasteiger partial charge in [0.15, 0.2) is 0 Å². The number of aromatic nitrogens is 2. The molecule has 2 aromatic carbocycles. The minimum absolute atomic E-state index is 0.0463. The molecule has 0 saturated heterocycles. The molecular weight excluding hydrogens is 402 g/mol. The molecule has 3 rings (SSSR count). The van der Waals surface area contributed by atoms with Crippen molar-refractivity contribution in [3.05, 3.63) is 83.7 Å². The third-order valence-corrected chi connectivity index (χ3v) is 5.73. The van der Waals surface area contributed by atoms with Crippen molar-refractivity contribution in [2.75, 3.05) is 18.4 Å². The van der Waals surface area contributed by atoms with E-state index in [0.717, 1.165) is 5.56 Å². The summed E-state index contributed by atoms with van der Waals surface area (Å²) in [6.45, 7) is 2.70. The number of carbonyl (C=O) groups excluding carboxylic acids is 1. The number of rotatable bonds is 9. The van der Waals surface area contributed by atoms with Crippen molar-refractivity contribution in [1.29, 1.82) is 0 Å². The van der Waals surface area contributed by atoms with E-state index in [0.29, 0.717) is 30.2 Å². The van der Waals surface area contributed by atoms with E-state index in [1.54, 1.807) is 31.5 Å². The van der Waals surface area contributed by atoms with Crippen molar-refractivity contribution in [3.63, 3.8) is 0 Å². The maximum absolute atomic E-state index is 12.6. The molecule has 9 heteroatoms. The van der Waals surface area contributed by atoms with E-state index in [1.807, 2.05) is 30.3 Å². The molecule has 0 radical (unpaired) electrons. The fourth-order valence-corrected chi connectivity index (χ4v) is 3.75. The first-order valence-corrected chi connectivity index (χ1v) is 10.9. The van der Waals surface area contributed by atoms with Crippen LogP contribution < -0.4 is 15.4 Å². The number of sulfonamides is 1. The van der Waals surface area contributed by atoms with Gasteiger partial charge in [-0.15, -0.1) is 0 Å². The molecule has 0 spiro atoms. The van der Waals surface area contributed by atoms with E-state index < -0.39 is 10.0 Å². The molecule has 0 aliphatic heterocycles. The van der Waals surface area contributed by atoms with Crippen LogP contribution in [-0.2, 0) is 16.6 Å². The zero-order valence-electron chi connectivity index (χ0n) is 16.5. The minimum Gasteiger partial charge on any atom is -0.352 e. The van der Waals surface area contributed by atoms with E-state index in [1.165, 1.54) is 12.1 Å². The number of benzene rings is 2. The fourth-order valence-electron chi connectivity index (χ4n) is 2.71. The van der Waals surface area contributed by atoms with Crippen LogP contribution in [0.3, 0.4) is 0 Å². The lowest BCUT2D eigenvalue weighted by Crippen LogP contribution is -2.30. The summed E-state index contributed by atoms with van der Waals surface area (Å²) in [7, 11) is -3.75. The van der Waals surface area contributed by atoms with Crippen molar-refractivity contribution in [2.24, 2.45) is 0 Å². The molecular formula is C21H23N5O3S. The Morgan fingerprint density at radius 2 is 1.70 bits per heavy atom. The first kappa shape index (κ1) is 21.4. The van der Waals surface area contributed by atoms with Crippen molar-refractivity contribution in [2.45, 2.75) is 18.4 Å². The standard InChI is InChI=1S/C21H23N5O3S/c1-16-8-9-18(30(28,29)26-15-17-6-3-2-4-7-17)14-19(16)20(27)22-12-13-25-21-23-10-5-11-24-21/h2-11,14,26H,12-13,15H2,1H3,(H,22,27)(H,23,24,25). The molecule has 0 atom stereocenters. The highest BCUT2D eigenvalue weighted by molar-refractivity contribution is 7.89. The molecule has 156 valence electrons. The molecule has 8 nitrogen and oxygen atoms in total. The molecule has 30 heavy (non-hydrogen) atoms. The Balaban J connectivity index is 1.61. The van der Waals surface area contributed by atoms with Gasteiger partial charge in [0.1, 0.15) is 0 Å². The summed E-state index contributed by atoms with van der Waals surface area (Å²) in [5.74, 6) is 0.129. The van der Waals surface area contributed by atoms with E-state index in [4.69, 9.17) is 0 Å². The lowest BCUT2D eigenvalue weighted by atomic mass is 10.1. The van der Waals surface area contributed by atoms with Gasteiger partial charge in [-0.05, 0) is 36.2 Å². The first-order chi connectivity index (χ1) is 14.5. The van der Waals surface area contributed by atoms with E-state index in [2.05, 4.69) is 25.3 Å². The van der Waals surface area contributed by atoms with Crippen LogP contribution in [0.15, 0.2) is 71.9 Å². The van der Waals surface area contributed by atoms with Crippen molar-refractivity contribution in [3.8, 4) is 0 Å². The first-order valence-electron chi connectivity index (χ1n) is 9.39. The summed E-state index contributed by atoms with van der Waals surface area (Å²) in [6.07, 6.45) is 3.24. The Kier molecular flexibility index (Phi) is 7.10. The monoisotopic (exact) mass is 425 g/mol. The Labute approximate surface area is 175 Å². The van der Waals surface area contributed by atoms with Crippen LogP contribution in [0, 0.1) is 6.92 Å². The molecule has 1 amide bonds. The van der Waals surface area contributed by atoms with Crippen LogP contribution in [0.5, 0.6) is 0 Å². The lowest BCUT2D eigenvalue weighted by molar-refractivity contribution is 0.0954. The average Bonchev–Trinajstić information content (AvgIpc) is 2.77. The second kappa shape index (κ2) is 9.95. The third-order valence-electron chi connectivity index (χ3n) is 4.33. The summed E-state index contributed by atoms with van der Waals surface area (Å²) in [5, 5.41) is 5.77. The number of aryl methyl sites for hydroxylation is 1. The highest BCUT2D eigenvalue weighted by Gasteiger charge is 2.18. The van der Waals surface area contributed by atoms with Crippen LogP contribution in [0.4, 0.5) is 5.95 Å². The quantitative estimate of drug-likeness (QED) is 0.453. The van der Waals surface area contributed by atoms with Crippen molar-refractivity contribution < 1.29 is 13.2 Å². The molecule has 0 unspecified atom stereocenters. The number of carbonyl (C=O) groups is 1. The Hall–Kier alpha value is -3.30. The van der Waals surface area contributed by atoms with E-state index in [-0.39, 0.29) is 17.3 Å². The summed E-state index contributed by atoms with van der Waals surface area (Å²) in [4.78, 5) is 20.7. The predicted molar refractivity (Wildman–Crippen MR) is 115 cm³/mol. The Morgan fingerprint density at radius 3 is 2.43 bits per heavy atom. The van der Waals surface area contributed by atoms with Gasteiger partial charge in [-0.25, -0.2) is 23.1 Å². The van der Waals surface area contributed by atoms with Crippen LogP contribution >= 0.6 is 0 Å². The topological polar surface area (TPSA) is 113 Å². The molecule has 1 heterocycles. The van der Waals surface area contributed by atoms with Crippen LogP contribution in [0.25, 0.3) is 0 Å². The van der Waals surface area contributed by atoms with Gasteiger partial charge in [0.05, 0.1) is 4.90 Å². The average molecular weight is 426 g/mol. The van der Waals surface area contributed by atoms with Gasteiger partial charge in [-0.1, -0.05) is 36.4 Å². The normalized spacial score (nSPS) is 11.1.